The van der Waals surface area contributed by atoms with Crippen molar-refractivity contribution in [3.8, 4) is 11.4 Å². The van der Waals surface area contributed by atoms with Gasteiger partial charge in [0.05, 0.1) is 12.8 Å². The van der Waals surface area contributed by atoms with Gasteiger partial charge in [-0.05, 0) is 18.2 Å². The van der Waals surface area contributed by atoms with E-state index in [-0.39, 0.29) is 11.9 Å². The van der Waals surface area contributed by atoms with Gasteiger partial charge >= 0.3 is 0 Å². The summed E-state index contributed by atoms with van der Waals surface area (Å²) in [5, 5.41) is 7.47. The second kappa shape index (κ2) is 5.69. The van der Waals surface area contributed by atoms with E-state index >= 15 is 0 Å². The number of ether oxygens (including phenoxy) is 1. The summed E-state index contributed by atoms with van der Waals surface area (Å²) in [4.78, 5) is 7.76. The fourth-order valence-electron chi connectivity index (χ4n) is 1.54. The smallest absolute Gasteiger partial charge is 0.223 e. The van der Waals surface area contributed by atoms with Crippen LogP contribution in [-0.4, -0.2) is 33.8 Å². The maximum absolute atomic E-state index is 5.61. The summed E-state index contributed by atoms with van der Waals surface area (Å²) in [7, 11) is 1.53. The van der Waals surface area contributed by atoms with E-state index in [9.17, 15) is 0 Å². The molecule has 0 atom stereocenters. The largest absolute Gasteiger partial charge is 0.494 e. The van der Waals surface area contributed by atoms with Crippen molar-refractivity contribution in [3.05, 3.63) is 30.9 Å². The predicted molar refractivity (Wildman–Crippen MR) is 75.0 cm³/mol. The molecule has 0 bridgehead atoms. The molecule has 0 amide bonds. The van der Waals surface area contributed by atoms with Crippen molar-refractivity contribution in [2.75, 3.05) is 7.11 Å². The van der Waals surface area contributed by atoms with Crippen LogP contribution in [0.2, 0.25) is 0 Å². The van der Waals surface area contributed by atoms with E-state index in [0.29, 0.717) is 11.4 Å². The number of benzene rings is 1. The minimum absolute atomic E-state index is 0.0655. The van der Waals surface area contributed by atoms with E-state index in [1.807, 2.05) is 6.07 Å². The van der Waals surface area contributed by atoms with Crippen molar-refractivity contribution in [3.63, 3.8) is 0 Å². The maximum Gasteiger partial charge on any atom is 0.223 e. The normalized spacial score (nSPS) is 11.2. The molecule has 0 spiro atoms. The molecule has 1 aromatic carbocycles. The number of nitrogens with two attached hydrogens (primary N) is 3. The Kier molecular flexibility index (Phi) is 3.80. The molecule has 2 rings (SSSR count). The Morgan fingerprint density at radius 3 is 2.50 bits per heavy atom. The van der Waals surface area contributed by atoms with Crippen LogP contribution in [0.4, 0.5) is 5.69 Å². The Morgan fingerprint density at radius 2 is 1.90 bits per heavy atom. The number of methoxy groups -OCH3 is 1. The zero-order valence-corrected chi connectivity index (χ0v) is 10.8. The zero-order valence-electron chi connectivity index (χ0n) is 10.8. The fraction of sp³-hybridized carbons (Fsp3) is 0.0909. The highest BCUT2D eigenvalue weighted by Gasteiger charge is 2.06. The second-order valence-corrected chi connectivity index (χ2v) is 3.73. The van der Waals surface area contributed by atoms with Crippen LogP contribution in [0.3, 0.4) is 0 Å². The van der Waals surface area contributed by atoms with Gasteiger partial charge in [0.1, 0.15) is 24.1 Å². The first-order valence-corrected chi connectivity index (χ1v) is 5.57. The Morgan fingerprint density at radius 1 is 1.20 bits per heavy atom. The Labute approximate surface area is 114 Å². The Bertz CT molecular complexity index is 642. The molecule has 0 aliphatic heterocycles. The van der Waals surface area contributed by atoms with Crippen molar-refractivity contribution in [1.82, 2.24) is 14.8 Å². The lowest BCUT2D eigenvalue weighted by Crippen LogP contribution is -2.26. The molecule has 9 heteroatoms. The average molecular weight is 274 g/mol. The van der Waals surface area contributed by atoms with Gasteiger partial charge in [-0.1, -0.05) is 0 Å². The monoisotopic (exact) mass is 274 g/mol. The van der Waals surface area contributed by atoms with Crippen LogP contribution in [0.5, 0.6) is 5.75 Å². The van der Waals surface area contributed by atoms with Gasteiger partial charge in [-0.3, -0.25) is 4.57 Å². The first kappa shape index (κ1) is 13.3. The molecule has 1 heterocycles. The summed E-state index contributed by atoms with van der Waals surface area (Å²) in [6.45, 7) is 0. The van der Waals surface area contributed by atoms with Gasteiger partial charge in [0.2, 0.25) is 5.96 Å². The number of hydrogen-bond donors (Lipinski definition) is 3. The van der Waals surface area contributed by atoms with E-state index in [4.69, 9.17) is 21.9 Å². The van der Waals surface area contributed by atoms with Crippen molar-refractivity contribution in [2.45, 2.75) is 0 Å². The van der Waals surface area contributed by atoms with E-state index in [1.165, 1.54) is 7.11 Å². The highest BCUT2D eigenvalue weighted by Crippen LogP contribution is 2.29. The van der Waals surface area contributed by atoms with Crippen molar-refractivity contribution < 1.29 is 4.74 Å². The molecule has 6 N–H and O–H groups in total. The second-order valence-electron chi connectivity index (χ2n) is 3.73. The number of aliphatic imine (C=N–C) groups is 2. The van der Waals surface area contributed by atoms with Gasteiger partial charge in [-0.2, -0.15) is 4.99 Å². The average Bonchev–Trinajstić information content (AvgIpc) is 2.91. The third-order valence-electron chi connectivity index (χ3n) is 2.36. The number of guanidine groups is 2. The van der Waals surface area contributed by atoms with Gasteiger partial charge in [0.25, 0.3) is 0 Å². The zero-order chi connectivity index (χ0) is 14.5. The van der Waals surface area contributed by atoms with Crippen LogP contribution >= 0.6 is 0 Å². The number of aromatic nitrogens is 3. The van der Waals surface area contributed by atoms with Crippen LogP contribution in [-0.2, 0) is 0 Å². The molecule has 2 aromatic rings. The third-order valence-corrected chi connectivity index (χ3v) is 2.36. The molecule has 9 nitrogen and oxygen atoms in total. The van der Waals surface area contributed by atoms with E-state index in [1.54, 1.807) is 29.4 Å². The summed E-state index contributed by atoms with van der Waals surface area (Å²) in [6, 6.07) is 5.33. The predicted octanol–water partition coefficient (Wildman–Crippen LogP) is -0.504. The maximum atomic E-state index is 5.61. The molecular weight excluding hydrogens is 260 g/mol. The molecular formula is C11H14N8O. The van der Waals surface area contributed by atoms with Gasteiger partial charge in [-0.25, -0.2) is 4.99 Å². The highest BCUT2D eigenvalue weighted by atomic mass is 16.5. The number of hydrogen-bond acceptors (Lipinski definition) is 4. The van der Waals surface area contributed by atoms with Crippen LogP contribution in [0, 0.1) is 0 Å². The molecule has 1 aromatic heterocycles. The minimum atomic E-state index is -0.166. The van der Waals surface area contributed by atoms with Crippen LogP contribution in [0.1, 0.15) is 0 Å². The molecule has 0 saturated carbocycles. The van der Waals surface area contributed by atoms with Gasteiger partial charge in [-0.15, -0.1) is 10.2 Å². The SMILES string of the molecule is COc1ccc(-n2cnnc2)cc1N=C(N)N=C(N)N. The summed E-state index contributed by atoms with van der Waals surface area (Å²) in [6.07, 6.45) is 3.13. The lowest BCUT2D eigenvalue weighted by molar-refractivity contribution is 0.416. The first-order chi connectivity index (χ1) is 9.60. The standard InChI is InChI=1S/C11H14N8O/c1-20-9-3-2-7(19-5-15-16-6-19)4-8(9)17-11(14)18-10(12)13/h2-6H,1H3,(H6,12,13,14,17,18). The molecule has 0 saturated heterocycles. The lowest BCUT2D eigenvalue weighted by atomic mass is 10.2. The van der Waals surface area contributed by atoms with Crippen molar-refractivity contribution >= 4 is 17.6 Å². The fourth-order valence-corrected chi connectivity index (χ4v) is 1.54. The van der Waals surface area contributed by atoms with Gasteiger partial charge < -0.3 is 21.9 Å². The highest BCUT2D eigenvalue weighted by molar-refractivity contribution is 5.94. The molecule has 20 heavy (non-hydrogen) atoms. The van der Waals surface area contributed by atoms with Crippen LogP contribution in [0.25, 0.3) is 5.69 Å². The molecule has 0 radical (unpaired) electrons. The summed E-state index contributed by atoms with van der Waals surface area (Å²) < 4.78 is 6.93. The Balaban J connectivity index is 2.45. The van der Waals surface area contributed by atoms with E-state index in [0.717, 1.165) is 5.69 Å². The molecule has 0 fully saturated rings. The third kappa shape index (κ3) is 3.02. The minimum Gasteiger partial charge on any atom is -0.494 e. The van der Waals surface area contributed by atoms with Crippen LogP contribution in [0.15, 0.2) is 40.8 Å². The number of rotatable bonds is 3. The van der Waals surface area contributed by atoms with Crippen molar-refractivity contribution in [1.29, 1.82) is 0 Å². The molecule has 104 valence electrons. The quantitative estimate of drug-likeness (QED) is 0.508. The van der Waals surface area contributed by atoms with Gasteiger partial charge in [0, 0.05) is 0 Å². The molecule has 0 aliphatic carbocycles. The summed E-state index contributed by atoms with van der Waals surface area (Å²) in [5.41, 5.74) is 17.4. The van der Waals surface area contributed by atoms with E-state index < -0.39 is 0 Å². The first-order valence-electron chi connectivity index (χ1n) is 5.57. The molecule has 0 unspecified atom stereocenters. The van der Waals surface area contributed by atoms with Gasteiger partial charge in [0.15, 0.2) is 5.96 Å². The topological polar surface area (TPSA) is 143 Å². The Hall–Kier alpha value is -3.10. The van der Waals surface area contributed by atoms with E-state index in [2.05, 4.69) is 20.2 Å². The summed E-state index contributed by atoms with van der Waals surface area (Å²) in [5.74, 6) is 0.306. The summed E-state index contributed by atoms with van der Waals surface area (Å²) >= 11 is 0. The van der Waals surface area contributed by atoms with Crippen LogP contribution < -0.4 is 21.9 Å². The number of nitrogens with zero attached hydrogens (tertiary/aromatic N) is 5. The lowest BCUT2D eigenvalue weighted by Gasteiger charge is -2.07. The van der Waals surface area contributed by atoms with Crippen molar-refractivity contribution in [2.24, 2.45) is 27.2 Å². The molecule has 0 aliphatic rings.